The van der Waals surface area contributed by atoms with Gasteiger partial charge in [0.1, 0.15) is 28.7 Å². The van der Waals surface area contributed by atoms with Crippen LogP contribution in [0.3, 0.4) is 0 Å². The number of nitriles is 2. The van der Waals surface area contributed by atoms with Crippen LogP contribution in [0.5, 0.6) is 0 Å². The Hall–Kier alpha value is -4.95. The molecule has 0 bridgehead atoms. The van der Waals surface area contributed by atoms with Gasteiger partial charge in [-0.05, 0) is 50.6 Å². The number of ether oxygens (including phenoxy) is 2. The van der Waals surface area contributed by atoms with E-state index < -0.39 is 48.0 Å². The van der Waals surface area contributed by atoms with Crippen molar-refractivity contribution in [1.82, 2.24) is 16.0 Å². The molecule has 0 aliphatic carbocycles. The predicted molar refractivity (Wildman–Crippen MR) is 143 cm³/mol. The van der Waals surface area contributed by atoms with Crippen molar-refractivity contribution in [3.63, 3.8) is 0 Å². The van der Waals surface area contributed by atoms with Crippen LogP contribution in [-0.2, 0) is 30.3 Å². The number of hydrogen-bond donors (Lipinski definition) is 4. The van der Waals surface area contributed by atoms with Gasteiger partial charge in [0.25, 0.3) is 5.91 Å². The van der Waals surface area contributed by atoms with Crippen LogP contribution in [0, 0.1) is 22.7 Å². The monoisotopic (exact) mass is 568 g/mol. The van der Waals surface area contributed by atoms with Crippen LogP contribution in [-0.4, -0.2) is 61.1 Å². The molecule has 4 N–H and O–H groups in total. The van der Waals surface area contributed by atoms with Crippen molar-refractivity contribution in [1.29, 1.82) is 10.5 Å². The van der Waals surface area contributed by atoms with Crippen LogP contribution in [0.15, 0.2) is 36.4 Å². The minimum atomic E-state index is -1.12. The molecule has 0 aliphatic heterocycles. The van der Waals surface area contributed by atoms with Crippen LogP contribution in [0.25, 0.3) is 0 Å². The Balaban J connectivity index is 1.85. The Morgan fingerprint density at radius 3 is 2.23 bits per heavy atom. The maximum absolute atomic E-state index is 12.3. The first-order valence-electron chi connectivity index (χ1n) is 11.9. The molecule has 1 aromatic heterocycles. The van der Waals surface area contributed by atoms with Gasteiger partial charge in [-0.25, -0.2) is 9.59 Å². The maximum Gasteiger partial charge on any atom is 0.408 e. The number of nitrogens with zero attached hydrogens (tertiary/aromatic N) is 2. The molecule has 13 nitrogen and oxygen atoms in total. The van der Waals surface area contributed by atoms with Gasteiger partial charge in [0.15, 0.2) is 6.61 Å². The number of hydrogen-bond acceptors (Lipinski definition) is 10. The Bertz CT molecular complexity index is 1320. The van der Waals surface area contributed by atoms with E-state index in [0.29, 0.717) is 16.1 Å². The largest absolute Gasteiger partial charge is 0.449 e. The van der Waals surface area contributed by atoms with E-state index in [0.717, 1.165) is 11.3 Å². The van der Waals surface area contributed by atoms with Crippen molar-refractivity contribution in [3.8, 4) is 12.1 Å². The summed E-state index contributed by atoms with van der Waals surface area (Å²) in [6.45, 7) is 3.84. The molecule has 0 spiro atoms. The normalized spacial score (nSPS) is 11.1. The molecule has 0 saturated heterocycles. The number of anilines is 1. The van der Waals surface area contributed by atoms with E-state index in [4.69, 9.17) is 20.0 Å². The van der Waals surface area contributed by atoms with E-state index in [9.17, 15) is 24.0 Å². The molecular formula is C26H28N6O7S. The lowest BCUT2D eigenvalue weighted by molar-refractivity contribution is -0.144. The summed E-state index contributed by atoms with van der Waals surface area (Å²) in [5.41, 5.74) is 0.238. The second kappa shape index (κ2) is 14.8. The Labute approximate surface area is 234 Å². The standard InChI is InChI=1S/C26H28N6O7S/c1-26(2,3)39-25(37)32-19(24(36)38-11-10-27)12-16-4-6-17(7-5-16)31-22(34)15-29-21(33)14-30-23(35)20-9-8-18(13-28)40-20/h4-9,19H,11-12,14-15H2,1-3H3,(H,29,33)(H,30,35)(H,31,34)(H,32,37)/t19-/m0/s1. The topological polar surface area (TPSA) is 200 Å². The van der Waals surface area contributed by atoms with Crippen molar-refractivity contribution in [2.45, 2.75) is 38.8 Å². The molecule has 14 heteroatoms. The molecular weight excluding hydrogens is 540 g/mol. The summed E-state index contributed by atoms with van der Waals surface area (Å²) < 4.78 is 10.0. The fourth-order valence-electron chi connectivity index (χ4n) is 3.02. The number of benzene rings is 1. The molecule has 1 aromatic carbocycles. The molecule has 210 valence electrons. The summed E-state index contributed by atoms with van der Waals surface area (Å²) >= 11 is 0.997. The van der Waals surface area contributed by atoms with E-state index in [1.165, 1.54) is 12.1 Å². The van der Waals surface area contributed by atoms with Crippen molar-refractivity contribution >= 4 is 46.8 Å². The molecule has 40 heavy (non-hydrogen) atoms. The lowest BCUT2D eigenvalue weighted by atomic mass is 10.1. The van der Waals surface area contributed by atoms with Gasteiger partial charge < -0.3 is 30.7 Å². The second-order valence-electron chi connectivity index (χ2n) is 9.15. The molecule has 4 amide bonds. The molecule has 0 unspecified atom stereocenters. The van der Waals surface area contributed by atoms with Crippen molar-refractivity contribution in [2.24, 2.45) is 0 Å². The third-order valence-electron chi connectivity index (χ3n) is 4.73. The minimum Gasteiger partial charge on any atom is -0.449 e. The lowest BCUT2D eigenvalue weighted by Gasteiger charge is -2.22. The van der Waals surface area contributed by atoms with E-state index in [-0.39, 0.29) is 24.4 Å². The van der Waals surface area contributed by atoms with Crippen LogP contribution in [0.2, 0.25) is 0 Å². The summed E-state index contributed by atoms with van der Waals surface area (Å²) in [6, 6.07) is 11.8. The predicted octanol–water partition coefficient (Wildman–Crippen LogP) is 1.61. The second-order valence-corrected chi connectivity index (χ2v) is 10.2. The van der Waals surface area contributed by atoms with Gasteiger partial charge in [0.2, 0.25) is 11.8 Å². The molecule has 0 radical (unpaired) electrons. The van der Waals surface area contributed by atoms with Gasteiger partial charge >= 0.3 is 12.1 Å². The fraction of sp³-hybridized carbons (Fsp3) is 0.346. The summed E-state index contributed by atoms with van der Waals surface area (Å²) in [4.78, 5) is 61.4. The molecule has 2 rings (SSSR count). The number of rotatable bonds is 11. The first-order chi connectivity index (χ1) is 18.9. The number of carbonyl (C=O) groups excluding carboxylic acids is 5. The van der Waals surface area contributed by atoms with Gasteiger partial charge in [0, 0.05) is 12.1 Å². The fourth-order valence-corrected chi connectivity index (χ4v) is 3.74. The minimum absolute atomic E-state index is 0.0306. The quantitative estimate of drug-likeness (QED) is 0.291. The molecule has 1 heterocycles. The summed E-state index contributed by atoms with van der Waals surface area (Å²) in [5, 5.41) is 27.3. The molecule has 0 saturated carbocycles. The smallest absolute Gasteiger partial charge is 0.408 e. The highest BCUT2D eigenvalue weighted by atomic mass is 32.1. The van der Waals surface area contributed by atoms with Crippen LogP contribution >= 0.6 is 11.3 Å². The van der Waals surface area contributed by atoms with Crippen molar-refractivity contribution in [3.05, 3.63) is 51.7 Å². The van der Waals surface area contributed by atoms with Gasteiger partial charge in [-0.15, -0.1) is 11.3 Å². The SMILES string of the molecule is CC(C)(C)OC(=O)N[C@@H](Cc1ccc(NC(=O)CNC(=O)CNC(=O)c2ccc(C#N)s2)cc1)C(=O)OCC#N. The van der Waals surface area contributed by atoms with Crippen LogP contribution in [0.4, 0.5) is 10.5 Å². The first-order valence-corrected chi connectivity index (χ1v) is 12.7. The Morgan fingerprint density at radius 2 is 1.62 bits per heavy atom. The average molecular weight is 569 g/mol. The third kappa shape index (κ3) is 11.2. The first kappa shape index (κ1) is 31.3. The van der Waals surface area contributed by atoms with Crippen LogP contribution < -0.4 is 21.3 Å². The lowest BCUT2D eigenvalue weighted by Crippen LogP contribution is -2.45. The average Bonchev–Trinajstić information content (AvgIpc) is 3.38. The zero-order chi connectivity index (χ0) is 29.7. The van der Waals surface area contributed by atoms with E-state index >= 15 is 0 Å². The number of nitrogens with one attached hydrogen (secondary N) is 4. The van der Waals surface area contributed by atoms with Gasteiger partial charge in [-0.2, -0.15) is 10.5 Å². The highest BCUT2D eigenvalue weighted by Crippen LogP contribution is 2.15. The summed E-state index contributed by atoms with van der Waals surface area (Å²) in [7, 11) is 0. The van der Waals surface area contributed by atoms with Gasteiger partial charge in [-0.1, -0.05) is 12.1 Å². The Kier molecular flexibility index (Phi) is 11.6. The highest BCUT2D eigenvalue weighted by Gasteiger charge is 2.26. The summed E-state index contributed by atoms with van der Waals surface area (Å²) in [6.07, 6.45) is -0.792. The Morgan fingerprint density at radius 1 is 0.950 bits per heavy atom. The van der Waals surface area contributed by atoms with E-state index in [1.807, 2.05) is 6.07 Å². The third-order valence-corrected chi connectivity index (χ3v) is 5.72. The highest BCUT2D eigenvalue weighted by molar-refractivity contribution is 7.14. The zero-order valence-corrected chi connectivity index (χ0v) is 22.8. The molecule has 0 fully saturated rings. The number of thiophene rings is 1. The zero-order valence-electron chi connectivity index (χ0n) is 22.0. The van der Waals surface area contributed by atoms with E-state index in [1.54, 1.807) is 51.1 Å². The van der Waals surface area contributed by atoms with Crippen molar-refractivity contribution < 1.29 is 33.4 Å². The molecule has 0 aliphatic rings. The van der Waals surface area contributed by atoms with Gasteiger partial charge in [-0.3, -0.25) is 14.4 Å². The molecule has 2 aromatic rings. The number of esters is 1. The number of carbonyl (C=O) groups is 5. The number of amides is 4. The molecule has 1 atom stereocenters. The van der Waals surface area contributed by atoms with E-state index in [2.05, 4.69) is 21.3 Å². The van der Waals surface area contributed by atoms with Crippen molar-refractivity contribution in [2.75, 3.05) is 25.0 Å². The summed E-state index contributed by atoms with van der Waals surface area (Å²) in [5.74, 6) is -2.41. The number of alkyl carbamates (subject to hydrolysis) is 1. The van der Waals surface area contributed by atoms with Crippen LogP contribution in [0.1, 0.15) is 40.9 Å². The van der Waals surface area contributed by atoms with Gasteiger partial charge in [0.05, 0.1) is 18.0 Å². The maximum atomic E-state index is 12.3.